The van der Waals surface area contributed by atoms with Crippen LogP contribution < -0.4 is 5.73 Å². The van der Waals surface area contributed by atoms with E-state index in [1.165, 1.54) is 15.3 Å². The summed E-state index contributed by atoms with van der Waals surface area (Å²) in [4.78, 5) is 2.60. The predicted molar refractivity (Wildman–Crippen MR) is 63.3 cm³/mol. The molecule has 2 aromatic heterocycles. The van der Waals surface area contributed by atoms with Crippen molar-refractivity contribution in [2.24, 2.45) is 5.73 Å². The molecule has 0 bridgehead atoms. The summed E-state index contributed by atoms with van der Waals surface area (Å²) in [7, 11) is 0. The van der Waals surface area contributed by atoms with Crippen LogP contribution in [0.2, 0.25) is 0 Å². The van der Waals surface area contributed by atoms with Crippen LogP contribution in [0.3, 0.4) is 0 Å². The summed E-state index contributed by atoms with van der Waals surface area (Å²) >= 11 is 1.79. The highest BCUT2D eigenvalue weighted by atomic mass is 32.1. The number of hydrogen-bond donors (Lipinski definition) is 1. The topological polar surface area (TPSA) is 39.2 Å². The first kappa shape index (κ1) is 10.5. The SMILES string of the molecule is Cc1cc(C(N)c2ccoc2C)c(C)s1. The summed E-state index contributed by atoms with van der Waals surface area (Å²) in [6, 6.07) is 4.05. The summed E-state index contributed by atoms with van der Waals surface area (Å²) in [5.74, 6) is 0.908. The summed E-state index contributed by atoms with van der Waals surface area (Å²) in [6.07, 6.45) is 1.69. The van der Waals surface area contributed by atoms with Crippen molar-refractivity contribution in [3.05, 3.63) is 45.0 Å². The number of furan rings is 1. The van der Waals surface area contributed by atoms with E-state index in [2.05, 4.69) is 19.9 Å². The molecule has 2 heterocycles. The van der Waals surface area contributed by atoms with Crippen molar-refractivity contribution in [3.63, 3.8) is 0 Å². The fourth-order valence-corrected chi connectivity index (χ4v) is 2.82. The Morgan fingerprint density at radius 1 is 1.27 bits per heavy atom. The lowest BCUT2D eigenvalue weighted by molar-refractivity contribution is 0.527. The van der Waals surface area contributed by atoms with Gasteiger partial charge in [-0.25, -0.2) is 0 Å². The molecule has 2 N–H and O–H groups in total. The molecular weight excluding hydrogens is 206 g/mol. The molecule has 0 saturated carbocycles. The molecule has 1 atom stereocenters. The number of hydrogen-bond acceptors (Lipinski definition) is 3. The lowest BCUT2D eigenvalue weighted by Crippen LogP contribution is -2.12. The van der Waals surface area contributed by atoms with Crippen molar-refractivity contribution >= 4 is 11.3 Å². The van der Waals surface area contributed by atoms with E-state index >= 15 is 0 Å². The Labute approximate surface area is 93.7 Å². The van der Waals surface area contributed by atoms with Crippen LogP contribution in [0, 0.1) is 20.8 Å². The first-order valence-electron chi connectivity index (χ1n) is 4.96. The van der Waals surface area contributed by atoms with E-state index in [-0.39, 0.29) is 6.04 Å². The third-order valence-electron chi connectivity index (χ3n) is 2.65. The van der Waals surface area contributed by atoms with Gasteiger partial charge in [0.05, 0.1) is 12.3 Å². The number of aryl methyl sites for hydroxylation is 3. The average Bonchev–Trinajstić information content (AvgIpc) is 2.71. The third kappa shape index (κ3) is 1.85. The minimum absolute atomic E-state index is 0.0614. The van der Waals surface area contributed by atoms with E-state index in [1.807, 2.05) is 13.0 Å². The standard InChI is InChI=1S/C12H15NOS/c1-7-6-11(9(3)15-7)12(13)10-4-5-14-8(10)2/h4-6,12H,13H2,1-3H3. The molecule has 2 nitrogen and oxygen atoms in total. The molecule has 2 aromatic rings. The van der Waals surface area contributed by atoms with E-state index in [1.54, 1.807) is 17.6 Å². The fourth-order valence-electron chi connectivity index (χ4n) is 1.84. The molecule has 0 amide bonds. The highest BCUT2D eigenvalue weighted by Crippen LogP contribution is 2.30. The van der Waals surface area contributed by atoms with Gasteiger partial charge < -0.3 is 10.2 Å². The van der Waals surface area contributed by atoms with Gasteiger partial charge in [0.25, 0.3) is 0 Å². The largest absolute Gasteiger partial charge is 0.469 e. The maximum Gasteiger partial charge on any atom is 0.105 e. The minimum Gasteiger partial charge on any atom is -0.469 e. The minimum atomic E-state index is -0.0614. The van der Waals surface area contributed by atoms with Crippen LogP contribution in [0.1, 0.15) is 32.7 Å². The molecule has 0 aliphatic carbocycles. The molecule has 0 aliphatic rings. The average molecular weight is 221 g/mol. The highest BCUT2D eigenvalue weighted by Gasteiger charge is 2.16. The van der Waals surface area contributed by atoms with Gasteiger partial charge in [0.2, 0.25) is 0 Å². The number of thiophene rings is 1. The molecule has 0 saturated heterocycles. The van der Waals surface area contributed by atoms with Gasteiger partial charge in [-0.15, -0.1) is 11.3 Å². The van der Waals surface area contributed by atoms with Gasteiger partial charge in [0.15, 0.2) is 0 Å². The van der Waals surface area contributed by atoms with Crippen LogP contribution in [0.5, 0.6) is 0 Å². The summed E-state index contributed by atoms with van der Waals surface area (Å²) in [5.41, 5.74) is 8.51. The Bertz CT molecular complexity index is 470. The Kier molecular flexibility index (Phi) is 2.67. The zero-order chi connectivity index (χ0) is 11.0. The molecule has 0 spiro atoms. The third-order valence-corrected chi connectivity index (χ3v) is 3.63. The van der Waals surface area contributed by atoms with Crippen molar-refractivity contribution < 1.29 is 4.42 Å². The number of rotatable bonds is 2. The Balaban J connectivity index is 2.40. The molecule has 0 aliphatic heterocycles. The Morgan fingerprint density at radius 3 is 2.47 bits per heavy atom. The van der Waals surface area contributed by atoms with Crippen molar-refractivity contribution in [1.82, 2.24) is 0 Å². The second-order valence-electron chi connectivity index (χ2n) is 3.78. The molecule has 80 valence electrons. The van der Waals surface area contributed by atoms with Crippen LogP contribution in [-0.2, 0) is 0 Å². The normalized spacial score (nSPS) is 13.1. The first-order valence-corrected chi connectivity index (χ1v) is 5.77. The van der Waals surface area contributed by atoms with Crippen molar-refractivity contribution in [2.75, 3.05) is 0 Å². The highest BCUT2D eigenvalue weighted by molar-refractivity contribution is 7.12. The van der Waals surface area contributed by atoms with Gasteiger partial charge >= 0.3 is 0 Å². The van der Waals surface area contributed by atoms with E-state index in [9.17, 15) is 0 Å². The summed E-state index contributed by atoms with van der Waals surface area (Å²) in [5, 5.41) is 0. The van der Waals surface area contributed by atoms with Crippen molar-refractivity contribution in [3.8, 4) is 0 Å². The lowest BCUT2D eigenvalue weighted by Gasteiger charge is -2.10. The van der Waals surface area contributed by atoms with Gasteiger partial charge in [0, 0.05) is 15.3 Å². The van der Waals surface area contributed by atoms with Gasteiger partial charge in [-0.2, -0.15) is 0 Å². The molecule has 15 heavy (non-hydrogen) atoms. The van der Waals surface area contributed by atoms with Crippen LogP contribution >= 0.6 is 11.3 Å². The lowest BCUT2D eigenvalue weighted by atomic mass is 10.0. The smallest absolute Gasteiger partial charge is 0.105 e. The van der Waals surface area contributed by atoms with Gasteiger partial charge in [0.1, 0.15) is 5.76 Å². The second kappa shape index (κ2) is 3.83. The first-order chi connectivity index (χ1) is 7.09. The van der Waals surface area contributed by atoms with Crippen molar-refractivity contribution in [1.29, 1.82) is 0 Å². The number of nitrogens with two attached hydrogens (primary N) is 1. The molecule has 1 unspecified atom stereocenters. The second-order valence-corrected chi connectivity index (χ2v) is 5.24. The van der Waals surface area contributed by atoms with Crippen LogP contribution in [-0.4, -0.2) is 0 Å². The van der Waals surface area contributed by atoms with E-state index in [0.29, 0.717) is 0 Å². The molecule has 0 aromatic carbocycles. The zero-order valence-corrected chi connectivity index (χ0v) is 10.0. The van der Waals surface area contributed by atoms with Crippen LogP contribution in [0.4, 0.5) is 0 Å². The van der Waals surface area contributed by atoms with Gasteiger partial charge in [-0.1, -0.05) is 0 Å². The Hall–Kier alpha value is -1.06. The predicted octanol–water partition coefficient (Wildman–Crippen LogP) is 3.31. The van der Waals surface area contributed by atoms with Gasteiger partial charge in [-0.3, -0.25) is 0 Å². The van der Waals surface area contributed by atoms with E-state index in [4.69, 9.17) is 10.2 Å². The fraction of sp³-hybridized carbons (Fsp3) is 0.333. The van der Waals surface area contributed by atoms with Crippen LogP contribution in [0.15, 0.2) is 22.8 Å². The quantitative estimate of drug-likeness (QED) is 0.845. The monoisotopic (exact) mass is 221 g/mol. The summed E-state index contributed by atoms with van der Waals surface area (Å²) in [6.45, 7) is 6.17. The van der Waals surface area contributed by atoms with E-state index in [0.717, 1.165) is 11.3 Å². The maximum absolute atomic E-state index is 6.22. The Morgan fingerprint density at radius 2 is 2.00 bits per heavy atom. The zero-order valence-electron chi connectivity index (χ0n) is 9.20. The van der Waals surface area contributed by atoms with Crippen molar-refractivity contribution in [2.45, 2.75) is 26.8 Å². The molecule has 2 rings (SSSR count). The van der Waals surface area contributed by atoms with Crippen LogP contribution in [0.25, 0.3) is 0 Å². The van der Waals surface area contributed by atoms with Gasteiger partial charge in [-0.05, 0) is 38.5 Å². The molecule has 3 heteroatoms. The maximum atomic E-state index is 6.22. The summed E-state index contributed by atoms with van der Waals surface area (Å²) < 4.78 is 5.28. The molecule has 0 fully saturated rings. The van der Waals surface area contributed by atoms with E-state index < -0.39 is 0 Å². The molecular formula is C12H15NOS. The molecule has 0 radical (unpaired) electrons.